The lowest BCUT2D eigenvalue weighted by atomic mass is 9.88. The van der Waals surface area contributed by atoms with Gasteiger partial charge in [-0.3, -0.25) is 0 Å². The molecule has 3 aromatic carbocycles. The second-order valence-electron chi connectivity index (χ2n) is 7.85. The molecular weight excluding hydrogens is 417 g/mol. The van der Waals surface area contributed by atoms with Crippen LogP contribution in [0.4, 0.5) is 18.9 Å². The maximum absolute atomic E-state index is 14.5. The Labute approximate surface area is 183 Å². The van der Waals surface area contributed by atoms with Crippen LogP contribution in [0.15, 0.2) is 89.9 Å². The van der Waals surface area contributed by atoms with E-state index in [1.54, 1.807) is 42.5 Å². The van der Waals surface area contributed by atoms with Gasteiger partial charge in [0.25, 0.3) is 0 Å². The zero-order valence-electron chi connectivity index (χ0n) is 17.1. The normalized spacial score (nSPS) is 23.2. The molecule has 4 nitrogen and oxygen atoms in total. The second-order valence-corrected chi connectivity index (χ2v) is 7.85. The molecule has 1 fully saturated rings. The summed E-state index contributed by atoms with van der Waals surface area (Å²) < 4.78 is 54.7. The SMILES string of the molecule is FC(F)(F)[C@@]1(c2ccccc2)COCN1c1cccc(C2=N[C@H](c3ccccc3)CO2)c1. The predicted molar refractivity (Wildman–Crippen MR) is 116 cm³/mol. The summed E-state index contributed by atoms with van der Waals surface area (Å²) in [5.41, 5.74) is -0.0500. The average molecular weight is 438 g/mol. The van der Waals surface area contributed by atoms with Gasteiger partial charge in [-0.05, 0) is 29.3 Å². The minimum absolute atomic E-state index is 0.136. The largest absolute Gasteiger partial charge is 0.475 e. The van der Waals surface area contributed by atoms with Gasteiger partial charge in [0.05, 0.1) is 6.61 Å². The number of ether oxygens (including phenoxy) is 2. The van der Waals surface area contributed by atoms with Gasteiger partial charge < -0.3 is 14.4 Å². The van der Waals surface area contributed by atoms with E-state index in [1.165, 1.54) is 17.0 Å². The molecule has 0 saturated carbocycles. The van der Waals surface area contributed by atoms with Crippen molar-refractivity contribution in [1.29, 1.82) is 0 Å². The number of nitrogens with zero attached hydrogens (tertiary/aromatic N) is 2. The van der Waals surface area contributed by atoms with Gasteiger partial charge in [0, 0.05) is 11.3 Å². The first-order valence-electron chi connectivity index (χ1n) is 10.3. The summed E-state index contributed by atoms with van der Waals surface area (Å²) in [6, 6.07) is 24.4. The van der Waals surface area contributed by atoms with Gasteiger partial charge in [-0.1, -0.05) is 66.7 Å². The lowest BCUT2D eigenvalue weighted by molar-refractivity contribution is -0.189. The van der Waals surface area contributed by atoms with Crippen LogP contribution in [0.2, 0.25) is 0 Å². The Bertz CT molecular complexity index is 1120. The fourth-order valence-corrected chi connectivity index (χ4v) is 4.30. The first-order chi connectivity index (χ1) is 15.5. The molecular formula is C25H21F3N2O2. The zero-order valence-corrected chi connectivity index (χ0v) is 17.1. The van der Waals surface area contributed by atoms with Gasteiger partial charge >= 0.3 is 6.18 Å². The first kappa shape index (κ1) is 20.6. The van der Waals surface area contributed by atoms with Gasteiger partial charge in [-0.15, -0.1) is 0 Å². The molecule has 2 aliphatic heterocycles. The number of anilines is 1. The van der Waals surface area contributed by atoms with E-state index < -0.39 is 18.3 Å². The Morgan fingerprint density at radius 3 is 2.34 bits per heavy atom. The molecule has 0 unspecified atom stereocenters. The van der Waals surface area contributed by atoms with E-state index >= 15 is 0 Å². The van der Waals surface area contributed by atoms with Crippen molar-refractivity contribution in [3.63, 3.8) is 0 Å². The van der Waals surface area contributed by atoms with E-state index in [4.69, 9.17) is 9.47 Å². The Morgan fingerprint density at radius 1 is 0.906 bits per heavy atom. The number of hydrogen-bond donors (Lipinski definition) is 0. The second kappa shape index (κ2) is 7.98. The van der Waals surface area contributed by atoms with Crippen LogP contribution < -0.4 is 4.90 Å². The van der Waals surface area contributed by atoms with Gasteiger partial charge in [0.15, 0.2) is 5.54 Å². The quantitative estimate of drug-likeness (QED) is 0.543. The van der Waals surface area contributed by atoms with Crippen molar-refractivity contribution in [2.24, 2.45) is 4.99 Å². The summed E-state index contributed by atoms with van der Waals surface area (Å²) in [7, 11) is 0. The molecule has 2 aliphatic rings. The van der Waals surface area contributed by atoms with E-state index in [-0.39, 0.29) is 18.3 Å². The minimum Gasteiger partial charge on any atom is -0.475 e. The number of aliphatic imine (C=N–C) groups is 1. The van der Waals surface area contributed by atoms with E-state index in [0.717, 1.165) is 5.56 Å². The van der Waals surface area contributed by atoms with Crippen LogP contribution in [0.5, 0.6) is 0 Å². The molecule has 0 N–H and O–H groups in total. The Kier molecular flexibility index (Phi) is 5.13. The van der Waals surface area contributed by atoms with Crippen LogP contribution in [0.1, 0.15) is 22.7 Å². The molecule has 0 aliphatic carbocycles. The van der Waals surface area contributed by atoms with Crippen LogP contribution >= 0.6 is 0 Å². The van der Waals surface area contributed by atoms with Gasteiger partial charge in [0.2, 0.25) is 5.90 Å². The summed E-state index contributed by atoms with van der Waals surface area (Å²) in [4.78, 5) is 5.94. The fraction of sp³-hybridized carbons (Fsp3) is 0.240. The maximum Gasteiger partial charge on any atom is 0.418 e. The minimum atomic E-state index is -4.54. The highest BCUT2D eigenvalue weighted by atomic mass is 19.4. The topological polar surface area (TPSA) is 34.1 Å². The Balaban J connectivity index is 1.51. The Morgan fingerprint density at radius 2 is 1.62 bits per heavy atom. The molecule has 0 amide bonds. The summed E-state index contributed by atoms with van der Waals surface area (Å²) in [6.07, 6.45) is -4.54. The lowest BCUT2D eigenvalue weighted by Crippen LogP contribution is -2.54. The van der Waals surface area contributed by atoms with Gasteiger partial charge in [-0.25, -0.2) is 4.99 Å². The molecule has 0 aromatic heterocycles. The van der Waals surface area contributed by atoms with Crippen molar-refractivity contribution in [3.8, 4) is 0 Å². The van der Waals surface area contributed by atoms with Crippen LogP contribution in [0.25, 0.3) is 0 Å². The summed E-state index contributed by atoms with van der Waals surface area (Å²) >= 11 is 0. The summed E-state index contributed by atoms with van der Waals surface area (Å²) in [5, 5.41) is 0. The highest BCUT2D eigenvalue weighted by Crippen LogP contribution is 2.49. The number of rotatable bonds is 4. The van der Waals surface area contributed by atoms with Crippen molar-refractivity contribution >= 4 is 11.6 Å². The van der Waals surface area contributed by atoms with Gasteiger partial charge in [0.1, 0.15) is 19.4 Å². The van der Waals surface area contributed by atoms with Crippen molar-refractivity contribution in [2.45, 2.75) is 17.8 Å². The van der Waals surface area contributed by atoms with Crippen LogP contribution in [0, 0.1) is 0 Å². The number of alkyl halides is 3. The molecule has 32 heavy (non-hydrogen) atoms. The van der Waals surface area contributed by atoms with Gasteiger partial charge in [-0.2, -0.15) is 13.2 Å². The predicted octanol–water partition coefficient (Wildman–Crippen LogP) is 5.46. The third-order valence-electron chi connectivity index (χ3n) is 5.95. The monoisotopic (exact) mass is 438 g/mol. The molecule has 7 heteroatoms. The number of halogens is 3. The first-order valence-corrected chi connectivity index (χ1v) is 10.3. The van der Waals surface area contributed by atoms with Crippen molar-refractivity contribution in [2.75, 3.05) is 24.8 Å². The zero-order chi connectivity index (χ0) is 22.2. The standard InChI is InChI=1S/C25H21F3N2O2/c26-25(27,28)24(20-11-5-2-6-12-20)16-31-17-30(24)21-13-7-10-19(14-21)23-29-22(15-32-23)18-8-3-1-4-9-18/h1-14,22H,15-17H2/t22-,24-/m0/s1. The molecule has 0 radical (unpaired) electrons. The Hall–Kier alpha value is -3.32. The average Bonchev–Trinajstić information content (AvgIpc) is 3.49. The van der Waals surface area contributed by atoms with Crippen molar-refractivity contribution in [1.82, 2.24) is 0 Å². The van der Waals surface area contributed by atoms with Crippen LogP contribution in [0.3, 0.4) is 0 Å². The third-order valence-corrected chi connectivity index (χ3v) is 5.95. The van der Waals surface area contributed by atoms with E-state index in [2.05, 4.69) is 4.99 Å². The maximum atomic E-state index is 14.5. The molecule has 164 valence electrons. The smallest absolute Gasteiger partial charge is 0.418 e. The lowest BCUT2D eigenvalue weighted by Gasteiger charge is -2.39. The van der Waals surface area contributed by atoms with E-state index in [0.29, 0.717) is 23.8 Å². The molecule has 2 atom stereocenters. The van der Waals surface area contributed by atoms with Crippen LogP contribution in [-0.4, -0.2) is 32.0 Å². The fourth-order valence-electron chi connectivity index (χ4n) is 4.30. The molecule has 5 rings (SSSR count). The highest BCUT2D eigenvalue weighted by molar-refractivity contribution is 5.96. The molecule has 2 heterocycles. The van der Waals surface area contributed by atoms with Crippen molar-refractivity contribution in [3.05, 3.63) is 102 Å². The van der Waals surface area contributed by atoms with E-state index in [9.17, 15) is 13.2 Å². The molecule has 3 aromatic rings. The third kappa shape index (κ3) is 3.42. The van der Waals surface area contributed by atoms with Crippen LogP contribution in [-0.2, 0) is 15.0 Å². The molecule has 1 saturated heterocycles. The summed E-state index contributed by atoms with van der Waals surface area (Å²) in [5.74, 6) is 0.429. The number of benzene rings is 3. The number of hydrogen-bond acceptors (Lipinski definition) is 4. The van der Waals surface area contributed by atoms with E-state index in [1.807, 2.05) is 30.3 Å². The van der Waals surface area contributed by atoms with Crippen molar-refractivity contribution < 1.29 is 22.6 Å². The molecule has 0 bridgehead atoms. The highest BCUT2D eigenvalue weighted by Gasteiger charge is 2.62. The summed E-state index contributed by atoms with van der Waals surface area (Å²) in [6.45, 7) is -0.247. The molecule has 0 spiro atoms.